The van der Waals surface area contributed by atoms with Crippen molar-refractivity contribution < 1.29 is 0 Å². The maximum atomic E-state index is 4.11. The van der Waals surface area contributed by atoms with Crippen molar-refractivity contribution in [3.8, 4) is 0 Å². The highest BCUT2D eigenvalue weighted by Crippen LogP contribution is 2.31. The summed E-state index contributed by atoms with van der Waals surface area (Å²) in [4.78, 5) is 6.66. The van der Waals surface area contributed by atoms with Gasteiger partial charge in [-0.25, -0.2) is 0 Å². The van der Waals surface area contributed by atoms with Crippen LogP contribution in [0, 0.1) is 5.92 Å². The zero-order valence-corrected chi connectivity index (χ0v) is 10.3. The normalized spacial score (nSPS) is 23.9. The standard InChI is InChI=1S/C14H21N3/c1-2-13(16-7-1)11-17(10-12-3-4-12)14-5-8-15-9-6-14/h5-6,8-9,12-13,16H,1-4,7,10-11H2. The second kappa shape index (κ2) is 5.05. The lowest BCUT2D eigenvalue weighted by atomic mass is 10.2. The third kappa shape index (κ3) is 2.97. The van der Waals surface area contributed by atoms with Gasteiger partial charge in [-0.15, -0.1) is 0 Å². The topological polar surface area (TPSA) is 28.2 Å². The summed E-state index contributed by atoms with van der Waals surface area (Å²) >= 11 is 0. The first-order valence-corrected chi connectivity index (χ1v) is 6.80. The van der Waals surface area contributed by atoms with Crippen LogP contribution in [0.25, 0.3) is 0 Å². The highest BCUT2D eigenvalue weighted by Gasteiger charge is 2.26. The van der Waals surface area contributed by atoms with Crippen molar-refractivity contribution in [2.75, 3.05) is 24.5 Å². The third-order valence-corrected chi connectivity index (χ3v) is 3.81. The molecule has 0 bridgehead atoms. The number of nitrogens with one attached hydrogen (secondary N) is 1. The molecule has 3 heteroatoms. The van der Waals surface area contributed by atoms with E-state index in [-0.39, 0.29) is 0 Å². The van der Waals surface area contributed by atoms with E-state index in [9.17, 15) is 0 Å². The number of aromatic nitrogens is 1. The van der Waals surface area contributed by atoms with Crippen LogP contribution in [0.15, 0.2) is 24.5 Å². The first-order valence-electron chi connectivity index (χ1n) is 6.80. The van der Waals surface area contributed by atoms with Gasteiger partial charge in [-0.1, -0.05) is 0 Å². The Morgan fingerprint density at radius 3 is 2.65 bits per heavy atom. The van der Waals surface area contributed by atoms with Gasteiger partial charge in [0.15, 0.2) is 0 Å². The minimum absolute atomic E-state index is 0.682. The molecular formula is C14H21N3. The summed E-state index contributed by atoms with van der Waals surface area (Å²) in [6.07, 6.45) is 9.29. The molecule has 0 spiro atoms. The Balaban J connectivity index is 1.66. The lowest BCUT2D eigenvalue weighted by Gasteiger charge is -2.27. The summed E-state index contributed by atoms with van der Waals surface area (Å²) in [6, 6.07) is 4.95. The van der Waals surface area contributed by atoms with Crippen LogP contribution in [0.5, 0.6) is 0 Å². The van der Waals surface area contributed by atoms with Crippen molar-refractivity contribution >= 4 is 5.69 Å². The van der Waals surface area contributed by atoms with E-state index in [1.807, 2.05) is 12.4 Å². The quantitative estimate of drug-likeness (QED) is 0.840. The predicted octanol–water partition coefficient (Wildman–Crippen LogP) is 2.05. The van der Waals surface area contributed by atoms with Crippen molar-refractivity contribution in [3.05, 3.63) is 24.5 Å². The Morgan fingerprint density at radius 1 is 1.18 bits per heavy atom. The predicted molar refractivity (Wildman–Crippen MR) is 70.2 cm³/mol. The highest BCUT2D eigenvalue weighted by atomic mass is 15.2. The zero-order valence-electron chi connectivity index (χ0n) is 10.3. The van der Waals surface area contributed by atoms with Crippen LogP contribution in [0.4, 0.5) is 5.69 Å². The van der Waals surface area contributed by atoms with Crippen molar-refractivity contribution in [1.29, 1.82) is 0 Å². The summed E-state index contributed by atoms with van der Waals surface area (Å²) in [6.45, 7) is 3.57. The van der Waals surface area contributed by atoms with Crippen LogP contribution in [0.2, 0.25) is 0 Å². The molecule has 2 heterocycles. The highest BCUT2D eigenvalue weighted by molar-refractivity contribution is 5.45. The largest absolute Gasteiger partial charge is 0.370 e. The minimum atomic E-state index is 0.682. The van der Waals surface area contributed by atoms with E-state index in [0.29, 0.717) is 6.04 Å². The molecule has 1 aliphatic heterocycles. The molecule has 1 aliphatic carbocycles. The molecule has 17 heavy (non-hydrogen) atoms. The van der Waals surface area contributed by atoms with Crippen LogP contribution < -0.4 is 10.2 Å². The maximum Gasteiger partial charge on any atom is 0.0397 e. The van der Waals surface area contributed by atoms with Gasteiger partial charge < -0.3 is 10.2 Å². The van der Waals surface area contributed by atoms with E-state index in [1.165, 1.54) is 44.5 Å². The lowest BCUT2D eigenvalue weighted by molar-refractivity contribution is 0.570. The molecule has 1 aromatic heterocycles. The summed E-state index contributed by atoms with van der Waals surface area (Å²) in [5.41, 5.74) is 1.33. The third-order valence-electron chi connectivity index (χ3n) is 3.81. The Hall–Kier alpha value is -1.09. The van der Waals surface area contributed by atoms with E-state index in [2.05, 4.69) is 27.3 Å². The maximum absolute atomic E-state index is 4.11. The molecule has 0 radical (unpaired) electrons. The molecule has 0 aromatic carbocycles. The van der Waals surface area contributed by atoms with Crippen molar-refractivity contribution in [2.45, 2.75) is 31.7 Å². The molecule has 3 rings (SSSR count). The zero-order chi connectivity index (χ0) is 11.5. The number of hydrogen-bond acceptors (Lipinski definition) is 3. The summed E-state index contributed by atoms with van der Waals surface area (Å²) in [5.74, 6) is 0.935. The number of hydrogen-bond donors (Lipinski definition) is 1. The Morgan fingerprint density at radius 2 is 2.00 bits per heavy atom. The van der Waals surface area contributed by atoms with Crippen molar-refractivity contribution in [2.24, 2.45) is 5.92 Å². The number of anilines is 1. The lowest BCUT2D eigenvalue weighted by Crippen LogP contribution is -2.38. The van der Waals surface area contributed by atoms with Gasteiger partial charge in [-0.2, -0.15) is 0 Å². The summed E-state index contributed by atoms with van der Waals surface area (Å²) < 4.78 is 0. The van der Waals surface area contributed by atoms with Gasteiger partial charge in [-0.05, 0) is 50.3 Å². The SMILES string of the molecule is c1cc(N(CC2CC2)CC2CCCN2)ccn1. The molecular weight excluding hydrogens is 210 g/mol. The number of rotatable bonds is 5. The number of nitrogens with zero attached hydrogens (tertiary/aromatic N) is 2. The minimum Gasteiger partial charge on any atom is -0.370 e. The van der Waals surface area contributed by atoms with E-state index >= 15 is 0 Å². The fourth-order valence-electron chi connectivity index (χ4n) is 2.63. The first kappa shape index (κ1) is 11.0. The van der Waals surface area contributed by atoms with Crippen LogP contribution >= 0.6 is 0 Å². The van der Waals surface area contributed by atoms with Crippen LogP contribution in [-0.2, 0) is 0 Å². The molecule has 1 atom stereocenters. The summed E-state index contributed by atoms with van der Waals surface area (Å²) in [5, 5.41) is 3.59. The molecule has 2 aliphatic rings. The molecule has 1 saturated heterocycles. The van der Waals surface area contributed by atoms with E-state index in [4.69, 9.17) is 0 Å². The molecule has 92 valence electrons. The monoisotopic (exact) mass is 231 g/mol. The molecule has 1 N–H and O–H groups in total. The number of pyridine rings is 1. The van der Waals surface area contributed by atoms with Gasteiger partial charge in [0.1, 0.15) is 0 Å². The molecule has 0 amide bonds. The van der Waals surface area contributed by atoms with Gasteiger partial charge >= 0.3 is 0 Å². The molecule has 2 fully saturated rings. The Labute approximate surface area is 103 Å². The smallest absolute Gasteiger partial charge is 0.0397 e. The average Bonchev–Trinajstić information content (AvgIpc) is 3.04. The fourth-order valence-corrected chi connectivity index (χ4v) is 2.63. The van der Waals surface area contributed by atoms with Crippen molar-refractivity contribution in [1.82, 2.24) is 10.3 Å². The van der Waals surface area contributed by atoms with Gasteiger partial charge in [0, 0.05) is 37.2 Å². The van der Waals surface area contributed by atoms with Gasteiger partial charge in [0.05, 0.1) is 0 Å². The average molecular weight is 231 g/mol. The van der Waals surface area contributed by atoms with Gasteiger partial charge in [0.25, 0.3) is 0 Å². The second-order valence-electron chi connectivity index (χ2n) is 5.35. The Kier molecular flexibility index (Phi) is 3.27. The van der Waals surface area contributed by atoms with Crippen LogP contribution in [-0.4, -0.2) is 30.7 Å². The molecule has 3 nitrogen and oxygen atoms in total. The van der Waals surface area contributed by atoms with Crippen molar-refractivity contribution in [3.63, 3.8) is 0 Å². The summed E-state index contributed by atoms with van der Waals surface area (Å²) in [7, 11) is 0. The van der Waals surface area contributed by atoms with Crippen LogP contribution in [0.1, 0.15) is 25.7 Å². The second-order valence-corrected chi connectivity index (χ2v) is 5.35. The van der Waals surface area contributed by atoms with Gasteiger partial charge in [0.2, 0.25) is 0 Å². The first-order chi connectivity index (χ1) is 8.42. The molecule has 1 aromatic rings. The van der Waals surface area contributed by atoms with E-state index < -0.39 is 0 Å². The Bertz CT molecular complexity index is 342. The van der Waals surface area contributed by atoms with E-state index in [0.717, 1.165) is 12.5 Å². The molecule has 1 saturated carbocycles. The fraction of sp³-hybridized carbons (Fsp3) is 0.643. The van der Waals surface area contributed by atoms with E-state index in [1.54, 1.807) is 0 Å². The van der Waals surface area contributed by atoms with Crippen LogP contribution in [0.3, 0.4) is 0 Å². The van der Waals surface area contributed by atoms with Gasteiger partial charge in [-0.3, -0.25) is 4.98 Å². The molecule has 1 unspecified atom stereocenters.